The van der Waals surface area contributed by atoms with Crippen LogP contribution < -0.4 is 15.8 Å². The van der Waals surface area contributed by atoms with Gasteiger partial charge < -0.3 is 15.8 Å². The molecule has 82 valence electrons. The van der Waals surface area contributed by atoms with E-state index in [-0.39, 0.29) is 0 Å². The molecule has 0 aromatic heterocycles. The Hall–Kier alpha value is -1.22. The van der Waals surface area contributed by atoms with E-state index in [0.29, 0.717) is 5.92 Å². The number of nitrogens with two attached hydrogens (primary N) is 1. The van der Waals surface area contributed by atoms with Crippen LogP contribution in [0.15, 0.2) is 18.2 Å². The molecule has 0 saturated carbocycles. The monoisotopic (exact) mass is 206 g/mol. The zero-order valence-electron chi connectivity index (χ0n) is 9.12. The van der Waals surface area contributed by atoms with Gasteiger partial charge in [0.1, 0.15) is 5.75 Å². The molecule has 1 heterocycles. The third kappa shape index (κ3) is 2.23. The van der Waals surface area contributed by atoms with Gasteiger partial charge in [0.2, 0.25) is 0 Å². The van der Waals surface area contributed by atoms with Gasteiger partial charge in [0.25, 0.3) is 0 Å². The number of benzene rings is 1. The number of anilines is 1. The van der Waals surface area contributed by atoms with Crippen molar-refractivity contribution in [1.82, 2.24) is 5.32 Å². The van der Waals surface area contributed by atoms with E-state index in [9.17, 15) is 0 Å². The highest BCUT2D eigenvalue weighted by Gasteiger charge is 2.20. The molecule has 0 saturated heterocycles. The van der Waals surface area contributed by atoms with Gasteiger partial charge in [0.15, 0.2) is 0 Å². The van der Waals surface area contributed by atoms with Crippen molar-refractivity contribution in [1.29, 1.82) is 0 Å². The summed E-state index contributed by atoms with van der Waals surface area (Å²) in [7, 11) is 0. The normalized spacial score (nSPS) is 19.4. The SMILES string of the molecule is CCNCC1CCOc2cc(N)ccc21. The van der Waals surface area contributed by atoms with Gasteiger partial charge in [-0.15, -0.1) is 0 Å². The standard InChI is InChI=1S/C12H18N2O/c1-2-14-8-9-5-6-15-12-7-10(13)3-4-11(9)12/h3-4,7,9,14H,2,5-6,8,13H2,1H3. The summed E-state index contributed by atoms with van der Waals surface area (Å²) in [5.74, 6) is 1.53. The van der Waals surface area contributed by atoms with Crippen LogP contribution in [0.2, 0.25) is 0 Å². The van der Waals surface area contributed by atoms with E-state index in [1.54, 1.807) is 0 Å². The molecule has 1 aliphatic rings. The zero-order chi connectivity index (χ0) is 10.7. The molecular formula is C12H18N2O. The molecule has 1 aliphatic heterocycles. The van der Waals surface area contributed by atoms with Crippen LogP contribution in [-0.4, -0.2) is 19.7 Å². The molecule has 1 aromatic rings. The molecular weight excluding hydrogens is 188 g/mol. The van der Waals surface area contributed by atoms with Crippen LogP contribution in [0.5, 0.6) is 5.75 Å². The number of ether oxygens (including phenoxy) is 1. The predicted octanol–water partition coefficient (Wildman–Crippen LogP) is 1.74. The lowest BCUT2D eigenvalue weighted by molar-refractivity contribution is 0.265. The van der Waals surface area contributed by atoms with Crippen LogP contribution in [0.25, 0.3) is 0 Å². The van der Waals surface area contributed by atoms with Crippen molar-refractivity contribution in [3.63, 3.8) is 0 Å². The molecule has 1 aromatic carbocycles. The fourth-order valence-corrected chi connectivity index (χ4v) is 2.01. The first-order valence-electron chi connectivity index (χ1n) is 5.54. The number of rotatable bonds is 3. The van der Waals surface area contributed by atoms with E-state index in [2.05, 4.69) is 18.3 Å². The number of likely N-dealkylation sites (N-methyl/N-ethyl adjacent to an activating group) is 1. The molecule has 0 radical (unpaired) electrons. The summed E-state index contributed by atoms with van der Waals surface area (Å²) in [4.78, 5) is 0. The smallest absolute Gasteiger partial charge is 0.124 e. The topological polar surface area (TPSA) is 47.3 Å². The molecule has 0 bridgehead atoms. The van der Waals surface area contributed by atoms with Crippen molar-refractivity contribution in [2.24, 2.45) is 0 Å². The summed E-state index contributed by atoms with van der Waals surface area (Å²) in [6.07, 6.45) is 1.09. The van der Waals surface area contributed by atoms with Crippen LogP contribution in [0.4, 0.5) is 5.69 Å². The van der Waals surface area contributed by atoms with E-state index in [4.69, 9.17) is 10.5 Å². The molecule has 3 heteroatoms. The van der Waals surface area contributed by atoms with Gasteiger partial charge in [0, 0.05) is 24.2 Å². The number of hydrogen-bond acceptors (Lipinski definition) is 3. The first kappa shape index (κ1) is 10.3. The number of nitrogen functional groups attached to an aromatic ring is 1. The van der Waals surface area contributed by atoms with Crippen LogP contribution in [0.3, 0.4) is 0 Å². The van der Waals surface area contributed by atoms with Gasteiger partial charge in [-0.3, -0.25) is 0 Å². The predicted molar refractivity (Wildman–Crippen MR) is 62.3 cm³/mol. The second-order valence-corrected chi connectivity index (χ2v) is 3.94. The van der Waals surface area contributed by atoms with E-state index < -0.39 is 0 Å². The minimum absolute atomic E-state index is 0.564. The van der Waals surface area contributed by atoms with E-state index in [1.165, 1.54) is 5.56 Å². The second-order valence-electron chi connectivity index (χ2n) is 3.94. The number of nitrogens with one attached hydrogen (secondary N) is 1. The van der Waals surface area contributed by atoms with Crippen LogP contribution in [0, 0.1) is 0 Å². The van der Waals surface area contributed by atoms with Crippen LogP contribution >= 0.6 is 0 Å². The highest BCUT2D eigenvalue weighted by Crippen LogP contribution is 2.34. The summed E-state index contributed by atoms with van der Waals surface area (Å²) < 4.78 is 5.61. The molecule has 3 N–H and O–H groups in total. The van der Waals surface area contributed by atoms with Gasteiger partial charge in [-0.25, -0.2) is 0 Å². The molecule has 2 rings (SSSR count). The lowest BCUT2D eigenvalue weighted by Gasteiger charge is -2.26. The Bertz CT molecular complexity index is 338. The summed E-state index contributed by atoms with van der Waals surface area (Å²) in [5, 5.41) is 3.39. The molecule has 15 heavy (non-hydrogen) atoms. The summed E-state index contributed by atoms with van der Waals surface area (Å²) in [6.45, 7) is 4.97. The van der Waals surface area contributed by atoms with E-state index in [1.807, 2.05) is 12.1 Å². The highest BCUT2D eigenvalue weighted by atomic mass is 16.5. The average molecular weight is 206 g/mol. The molecule has 0 amide bonds. The van der Waals surface area contributed by atoms with E-state index >= 15 is 0 Å². The Morgan fingerprint density at radius 1 is 1.53 bits per heavy atom. The minimum atomic E-state index is 0.564. The molecule has 3 nitrogen and oxygen atoms in total. The fraction of sp³-hybridized carbons (Fsp3) is 0.500. The summed E-state index contributed by atoms with van der Waals surface area (Å²) in [6, 6.07) is 5.96. The third-order valence-electron chi connectivity index (χ3n) is 2.84. The van der Waals surface area contributed by atoms with Gasteiger partial charge in [-0.05, 0) is 24.6 Å². The largest absolute Gasteiger partial charge is 0.493 e. The van der Waals surface area contributed by atoms with Gasteiger partial charge in [0.05, 0.1) is 6.61 Å². The van der Waals surface area contributed by atoms with Crippen molar-refractivity contribution in [3.05, 3.63) is 23.8 Å². The summed E-state index contributed by atoms with van der Waals surface area (Å²) in [5.41, 5.74) is 7.80. The molecule has 0 fully saturated rings. The lowest BCUT2D eigenvalue weighted by atomic mass is 9.93. The quantitative estimate of drug-likeness (QED) is 0.741. The van der Waals surface area contributed by atoms with E-state index in [0.717, 1.165) is 37.6 Å². The van der Waals surface area contributed by atoms with Crippen molar-refractivity contribution in [2.75, 3.05) is 25.4 Å². The first-order chi connectivity index (χ1) is 7.31. The number of hydrogen-bond donors (Lipinski definition) is 2. The van der Waals surface area contributed by atoms with Gasteiger partial charge in [-0.2, -0.15) is 0 Å². The van der Waals surface area contributed by atoms with Crippen LogP contribution in [0.1, 0.15) is 24.8 Å². The first-order valence-corrected chi connectivity index (χ1v) is 5.54. The second kappa shape index (κ2) is 4.53. The highest BCUT2D eigenvalue weighted by molar-refractivity contribution is 5.50. The average Bonchev–Trinajstić information content (AvgIpc) is 2.25. The minimum Gasteiger partial charge on any atom is -0.493 e. The maximum absolute atomic E-state index is 5.73. The summed E-state index contributed by atoms with van der Waals surface area (Å²) >= 11 is 0. The Balaban J connectivity index is 2.18. The van der Waals surface area contributed by atoms with Crippen molar-refractivity contribution < 1.29 is 4.74 Å². The molecule has 0 aliphatic carbocycles. The van der Waals surface area contributed by atoms with Crippen molar-refractivity contribution in [2.45, 2.75) is 19.3 Å². The maximum Gasteiger partial charge on any atom is 0.124 e. The Kier molecular flexibility index (Phi) is 3.11. The Morgan fingerprint density at radius 3 is 3.20 bits per heavy atom. The molecule has 1 atom stereocenters. The number of fused-ring (bicyclic) bond motifs is 1. The maximum atomic E-state index is 5.73. The lowest BCUT2D eigenvalue weighted by Crippen LogP contribution is -2.25. The van der Waals surface area contributed by atoms with Crippen molar-refractivity contribution >= 4 is 5.69 Å². The Labute approximate surface area is 90.6 Å². The molecule has 0 spiro atoms. The van der Waals surface area contributed by atoms with Gasteiger partial charge >= 0.3 is 0 Å². The van der Waals surface area contributed by atoms with Crippen LogP contribution in [-0.2, 0) is 0 Å². The van der Waals surface area contributed by atoms with Crippen molar-refractivity contribution in [3.8, 4) is 5.75 Å². The van der Waals surface area contributed by atoms with Gasteiger partial charge in [-0.1, -0.05) is 13.0 Å². The zero-order valence-corrected chi connectivity index (χ0v) is 9.12. The third-order valence-corrected chi connectivity index (χ3v) is 2.84. The fourth-order valence-electron chi connectivity index (χ4n) is 2.01. The Morgan fingerprint density at radius 2 is 2.40 bits per heavy atom. The molecule has 1 unspecified atom stereocenters.